The second kappa shape index (κ2) is 8.05. The molecule has 1 aromatic heterocycles. The third kappa shape index (κ3) is 4.95. The normalized spacial score (nSPS) is 16.3. The first kappa shape index (κ1) is 18.7. The average molecular weight is 384 g/mol. The number of carbonyl (C=O) groups is 1. The third-order valence-electron chi connectivity index (χ3n) is 4.14. The minimum absolute atomic E-state index is 0.215. The van der Waals surface area contributed by atoms with Crippen molar-refractivity contribution in [1.82, 2.24) is 9.88 Å². The van der Waals surface area contributed by atoms with Crippen molar-refractivity contribution in [3.05, 3.63) is 41.4 Å². The topological polar surface area (TPSA) is 48.5 Å². The summed E-state index contributed by atoms with van der Waals surface area (Å²) >= 11 is 1.60. The van der Waals surface area contributed by atoms with Crippen LogP contribution in [0.2, 0.25) is 0 Å². The quantitative estimate of drug-likeness (QED) is 0.879. The summed E-state index contributed by atoms with van der Waals surface area (Å²) in [5, 5.41) is 5.58. The molecule has 3 rings (SSSR count). The molecule has 1 fully saturated rings. The van der Waals surface area contributed by atoms with E-state index in [0.717, 1.165) is 49.9 Å². The van der Waals surface area contributed by atoms with Crippen molar-refractivity contribution < 1.29 is 18.0 Å². The van der Waals surface area contributed by atoms with E-state index in [2.05, 4.69) is 15.2 Å². The van der Waals surface area contributed by atoms with Crippen LogP contribution in [0.3, 0.4) is 0 Å². The van der Waals surface area contributed by atoms with Crippen molar-refractivity contribution in [3.63, 3.8) is 0 Å². The summed E-state index contributed by atoms with van der Waals surface area (Å²) in [5.41, 5.74) is -0.368. The molecule has 140 valence electrons. The highest BCUT2D eigenvalue weighted by atomic mass is 32.1. The summed E-state index contributed by atoms with van der Waals surface area (Å²) in [7, 11) is 0. The number of rotatable bonds is 4. The highest BCUT2D eigenvalue weighted by molar-refractivity contribution is 7.13. The molecule has 5 nitrogen and oxygen atoms in total. The van der Waals surface area contributed by atoms with Gasteiger partial charge in [-0.05, 0) is 30.7 Å². The number of carbonyl (C=O) groups excluding carboxylic acids is 1. The Balaban J connectivity index is 1.50. The molecule has 0 aliphatic carbocycles. The monoisotopic (exact) mass is 384 g/mol. The van der Waals surface area contributed by atoms with Gasteiger partial charge in [-0.25, -0.2) is 4.98 Å². The molecule has 1 aromatic carbocycles. The molecule has 1 aliphatic heterocycles. The first-order chi connectivity index (χ1) is 12.4. The molecule has 0 atom stereocenters. The first-order valence-electron chi connectivity index (χ1n) is 8.26. The molecule has 1 saturated heterocycles. The van der Waals surface area contributed by atoms with Crippen LogP contribution in [-0.4, -0.2) is 48.5 Å². The van der Waals surface area contributed by atoms with Gasteiger partial charge >= 0.3 is 6.18 Å². The van der Waals surface area contributed by atoms with Crippen LogP contribution in [0.25, 0.3) is 0 Å². The first-order valence-corrected chi connectivity index (χ1v) is 9.14. The maximum absolute atomic E-state index is 12.6. The Kier molecular flexibility index (Phi) is 5.77. The number of alkyl halides is 3. The maximum Gasteiger partial charge on any atom is 0.416 e. The van der Waals surface area contributed by atoms with E-state index in [4.69, 9.17) is 0 Å². The van der Waals surface area contributed by atoms with E-state index in [0.29, 0.717) is 5.69 Å². The zero-order valence-electron chi connectivity index (χ0n) is 14.0. The number of nitrogens with zero attached hydrogens (tertiary/aromatic N) is 3. The summed E-state index contributed by atoms with van der Waals surface area (Å²) in [6.07, 6.45) is -1.68. The molecule has 0 bridgehead atoms. The highest BCUT2D eigenvalue weighted by Gasteiger charge is 2.30. The minimum Gasteiger partial charge on any atom is -0.347 e. The molecule has 2 heterocycles. The average Bonchev–Trinajstić information content (AvgIpc) is 3.02. The summed E-state index contributed by atoms with van der Waals surface area (Å²) in [4.78, 5) is 20.8. The van der Waals surface area contributed by atoms with E-state index in [-0.39, 0.29) is 12.5 Å². The molecule has 26 heavy (non-hydrogen) atoms. The Labute approximate surface area is 153 Å². The largest absolute Gasteiger partial charge is 0.416 e. The van der Waals surface area contributed by atoms with Gasteiger partial charge in [0.2, 0.25) is 5.91 Å². The number of thiazole rings is 1. The lowest BCUT2D eigenvalue weighted by atomic mass is 10.2. The van der Waals surface area contributed by atoms with Gasteiger partial charge in [0.1, 0.15) is 0 Å². The molecule has 0 saturated carbocycles. The van der Waals surface area contributed by atoms with Crippen LogP contribution >= 0.6 is 11.3 Å². The SMILES string of the molecule is O=C(CN1CCCN(c2nccs2)CC1)Nc1ccc(C(F)(F)F)cc1. The van der Waals surface area contributed by atoms with Gasteiger partial charge < -0.3 is 10.2 Å². The summed E-state index contributed by atoms with van der Waals surface area (Å²) in [6, 6.07) is 4.47. The van der Waals surface area contributed by atoms with Crippen molar-refractivity contribution in [3.8, 4) is 0 Å². The van der Waals surface area contributed by atoms with Crippen molar-refractivity contribution in [2.75, 3.05) is 42.9 Å². The van der Waals surface area contributed by atoms with Crippen LogP contribution in [0.4, 0.5) is 24.0 Å². The van der Waals surface area contributed by atoms with E-state index in [1.54, 1.807) is 17.5 Å². The Morgan fingerprint density at radius 2 is 1.92 bits per heavy atom. The van der Waals surface area contributed by atoms with Crippen LogP contribution in [0.1, 0.15) is 12.0 Å². The maximum atomic E-state index is 12.6. The summed E-state index contributed by atoms with van der Waals surface area (Å²) in [5.74, 6) is -0.229. The number of halogens is 3. The van der Waals surface area contributed by atoms with Crippen LogP contribution in [-0.2, 0) is 11.0 Å². The van der Waals surface area contributed by atoms with Gasteiger partial charge in [-0.2, -0.15) is 13.2 Å². The molecule has 0 radical (unpaired) electrons. The van der Waals surface area contributed by atoms with Crippen molar-refractivity contribution in [2.45, 2.75) is 12.6 Å². The van der Waals surface area contributed by atoms with Gasteiger partial charge in [0, 0.05) is 43.4 Å². The number of amides is 1. The fourth-order valence-corrected chi connectivity index (χ4v) is 3.54. The van der Waals surface area contributed by atoms with Crippen LogP contribution in [0.5, 0.6) is 0 Å². The predicted octanol–water partition coefficient (Wildman–Crippen LogP) is 3.31. The Hall–Kier alpha value is -2.13. The number of hydrogen-bond acceptors (Lipinski definition) is 5. The predicted molar refractivity (Wildman–Crippen MR) is 95.5 cm³/mol. The third-order valence-corrected chi connectivity index (χ3v) is 4.97. The number of aromatic nitrogens is 1. The number of anilines is 2. The number of nitrogens with one attached hydrogen (secondary N) is 1. The van der Waals surface area contributed by atoms with Crippen molar-refractivity contribution in [2.24, 2.45) is 0 Å². The molecule has 2 aromatic rings. The van der Waals surface area contributed by atoms with Gasteiger partial charge in [0.15, 0.2) is 5.13 Å². The zero-order chi connectivity index (χ0) is 18.6. The molecule has 1 amide bonds. The van der Waals surface area contributed by atoms with Crippen LogP contribution in [0.15, 0.2) is 35.8 Å². The molecule has 0 unspecified atom stereocenters. The highest BCUT2D eigenvalue weighted by Crippen LogP contribution is 2.29. The molecular formula is C17H19F3N4OS. The minimum atomic E-state index is -4.38. The van der Waals surface area contributed by atoms with Gasteiger partial charge in [-0.15, -0.1) is 11.3 Å². The molecule has 1 N–H and O–H groups in total. The molecule has 0 spiro atoms. The van der Waals surface area contributed by atoms with Crippen molar-refractivity contribution in [1.29, 1.82) is 0 Å². The second-order valence-corrected chi connectivity index (χ2v) is 6.93. The summed E-state index contributed by atoms with van der Waals surface area (Å²) in [6.45, 7) is 3.43. The Morgan fingerprint density at radius 1 is 1.15 bits per heavy atom. The number of hydrogen-bond donors (Lipinski definition) is 1. The van der Waals surface area contributed by atoms with Crippen molar-refractivity contribution >= 4 is 28.1 Å². The fourth-order valence-electron chi connectivity index (χ4n) is 2.84. The van der Waals surface area contributed by atoms with E-state index >= 15 is 0 Å². The zero-order valence-corrected chi connectivity index (χ0v) is 14.8. The van der Waals surface area contributed by atoms with E-state index in [9.17, 15) is 18.0 Å². The lowest BCUT2D eigenvalue weighted by molar-refractivity contribution is -0.137. The Morgan fingerprint density at radius 3 is 2.58 bits per heavy atom. The van der Waals surface area contributed by atoms with Gasteiger partial charge in [0.05, 0.1) is 12.1 Å². The lowest BCUT2D eigenvalue weighted by Gasteiger charge is -2.21. The van der Waals surface area contributed by atoms with E-state index in [1.807, 2.05) is 10.3 Å². The van der Waals surface area contributed by atoms with Crippen LogP contribution < -0.4 is 10.2 Å². The van der Waals surface area contributed by atoms with Gasteiger partial charge in [-0.3, -0.25) is 9.69 Å². The fraction of sp³-hybridized carbons (Fsp3) is 0.412. The number of benzene rings is 1. The van der Waals surface area contributed by atoms with E-state index < -0.39 is 11.7 Å². The van der Waals surface area contributed by atoms with Gasteiger partial charge in [0.25, 0.3) is 0 Å². The Bertz CT molecular complexity index is 719. The molecule has 1 aliphatic rings. The van der Waals surface area contributed by atoms with Gasteiger partial charge in [-0.1, -0.05) is 0 Å². The molecule has 9 heteroatoms. The smallest absolute Gasteiger partial charge is 0.347 e. The van der Waals surface area contributed by atoms with Crippen LogP contribution in [0, 0.1) is 0 Å². The second-order valence-electron chi connectivity index (χ2n) is 6.05. The lowest BCUT2D eigenvalue weighted by Crippen LogP contribution is -2.36. The standard InChI is InChI=1S/C17H19F3N4OS/c18-17(19,20)13-2-4-14(5-3-13)22-15(25)12-23-7-1-8-24(10-9-23)16-21-6-11-26-16/h2-6,11H,1,7-10,12H2,(H,22,25). The summed E-state index contributed by atoms with van der Waals surface area (Å²) < 4.78 is 37.7. The molecular weight excluding hydrogens is 365 g/mol. The van der Waals surface area contributed by atoms with E-state index in [1.165, 1.54) is 12.1 Å².